The molecule has 1 aromatic carbocycles. The van der Waals surface area contributed by atoms with Crippen molar-refractivity contribution in [2.45, 2.75) is 38.8 Å². The van der Waals surface area contributed by atoms with Crippen molar-refractivity contribution in [3.05, 3.63) is 28.2 Å². The van der Waals surface area contributed by atoms with Gasteiger partial charge in [0.1, 0.15) is 11.9 Å². The van der Waals surface area contributed by atoms with E-state index in [1.807, 2.05) is 13.1 Å². The van der Waals surface area contributed by atoms with Gasteiger partial charge in [-0.1, -0.05) is 37.0 Å². The van der Waals surface area contributed by atoms with Gasteiger partial charge in [0.2, 0.25) is 0 Å². The molecule has 3 unspecified atom stereocenters. The largest absolute Gasteiger partial charge is 0.488 e. The van der Waals surface area contributed by atoms with Gasteiger partial charge in [0.05, 0.1) is 5.02 Å². The highest BCUT2D eigenvalue weighted by Gasteiger charge is 2.51. The van der Waals surface area contributed by atoms with Gasteiger partial charge < -0.3 is 10.1 Å². The first-order valence-corrected chi connectivity index (χ1v) is 7.05. The van der Waals surface area contributed by atoms with Crippen molar-refractivity contribution in [1.82, 2.24) is 5.32 Å². The second-order valence-electron chi connectivity index (χ2n) is 5.12. The molecule has 0 radical (unpaired) electrons. The van der Waals surface area contributed by atoms with Crippen LogP contribution in [0.1, 0.15) is 26.7 Å². The van der Waals surface area contributed by atoms with E-state index in [0.717, 1.165) is 18.6 Å². The standard InChI is InChI=1S/C14H19Cl2NO/c1-4-14(2)12(17-3)8-13(14)18-11-6-5-9(15)7-10(11)16/h5-7,12-13,17H,4,8H2,1-3H3. The van der Waals surface area contributed by atoms with E-state index in [0.29, 0.717) is 16.1 Å². The first kappa shape index (κ1) is 14.0. The molecule has 1 fully saturated rings. The van der Waals surface area contributed by atoms with Crippen LogP contribution in [0.2, 0.25) is 10.0 Å². The summed E-state index contributed by atoms with van der Waals surface area (Å²) in [4.78, 5) is 0. The summed E-state index contributed by atoms with van der Waals surface area (Å²) in [6.45, 7) is 4.45. The van der Waals surface area contributed by atoms with Crippen molar-refractivity contribution in [3.8, 4) is 5.75 Å². The summed E-state index contributed by atoms with van der Waals surface area (Å²) >= 11 is 12.0. The monoisotopic (exact) mass is 287 g/mol. The average Bonchev–Trinajstić information content (AvgIpc) is 2.35. The van der Waals surface area contributed by atoms with Gasteiger partial charge in [0.25, 0.3) is 0 Å². The maximum atomic E-state index is 6.14. The molecule has 0 bridgehead atoms. The van der Waals surface area contributed by atoms with Gasteiger partial charge >= 0.3 is 0 Å². The minimum atomic E-state index is 0.164. The van der Waals surface area contributed by atoms with Crippen LogP contribution < -0.4 is 10.1 Å². The van der Waals surface area contributed by atoms with Crippen LogP contribution in [0.25, 0.3) is 0 Å². The SMILES string of the molecule is CCC1(C)C(NC)CC1Oc1ccc(Cl)cc1Cl. The van der Waals surface area contributed by atoms with Crippen LogP contribution in [-0.4, -0.2) is 19.2 Å². The zero-order valence-corrected chi connectivity index (χ0v) is 12.5. The Labute approximate surface area is 119 Å². The summed E-state index contributed by atoms with van der Waals surface area (Å²) in [5.41, 5.74) is 0.164. The van der Waals surface area contributed by atoms with Crippen molar-refractivity contribution in [1.29, 1.82) is 0 Å². The maximum Gasteiger partial charge on any atom is 0.138 e. The topological polar surface area (TPSA) is 21.3 Å². The highest BCUT2D eigenvalue weighted by atomic mass is 35.5. The molecule has 0 heterocycles. The highest BCUT2D eigenvalue weighted by Crippen LogP contribution is 2.46. The molecule has 0 spiro atoms. The predicted octanol–water partition coefficient (Wildman–Crippen LogP) is 4.15. The Morgan fingerprint density at radius 2 is 2.17 bits per heavy atom. The summed E-state index contributed by atoms with van der Waals surface area (Å²) in [5, 5.41) is 4.56. The van der Waals surface area contributed by atoms with Crippen molar-refractivity contribution >= 4 is 23.2 Å². The average molecular weight is 288 g/mol. The summed E-state index contributed by atoms with van der Waals surface area (Å²) < 4.78 is 6.04. The molecule has 1 aromatic rings. The van der Waals surface area contributed by atoms with E-state index in [1.165, 1.54) is 0 Å². The summed E-state index contributed by atoms with van der Waals surface area (Å²) in [7, 11) is 2.00. The Balaban J connectivity index is 2.11. The lowest BCUT2D eigenvalue weighted by atomic mass is 9.61. The van der Waals surface area contributed by atoms with Crippen LogP contribution in [0.15, 0.2) is 18.2 Å². The number of benzene rings is 1. The second kappa shape index (κ2) is 5.28. The third kappa shape index (κ3) is 2.34. The Morgan fingerprint density at radius 3 is 2.72 bits per heavy atom. The van der Waals surface area contributed by atoms with Crippen LogP contribution in [-0.2, 0) is 0 Å². The zero-order valence-electron chi connectivity index (χ0n) is 11.0. The van der Waals surface area contributed by atoms with Gasteiger partial charge in [-0.05, 0) is 31.7 Å². The first-order valence-electron chi connectivity index (χ1n) is 6.30. The molecular weight excluding hydrogens is 269 g/mol. The minimum absolute atomic E-state index is 0.164. The van der Waals surface area contributed by atoms with E-state index in [4.69, 9.17) is 27.9 Å². The Morgan fingerprint density at radius 1 is 1.44 bits per heavy atom. The Kier molecular flexibility index (Phi) is 4.10. The van der Waals surface area contributed by atoms with Gasteiger partial charge in [-0.2, -0.15) is 0 Å². The van der Waals surface area contributed by atoms with Gasteiger partial charge in [-0.15, -0.1) is 0 Å². The molecule has 3 atom stereocenters. The minimum Gasteiger partial charge on any atom is -0.488 e. The zero-order chi connectivity index (χ0) is 13.3. The molecule has 1 aliphatic carbocycles. The van der Waals surface area contributed by atoms with Crippen LogP contribution in [0, 0.1) is 5.41 Å². The van der Waals surface area contributed by atoms with E-state index in [1.54, 1.807) is 12.1 Å². The van der Waals surface area contributed by atoms with E-state index in [-0.39, 0.29) is 11.5 Å². The van der Waals surface area contributed by atoms with E-state index in [2.05, 4.69) is 19.2 Å². The van der Waals surface area contributed by atoms with E-state index in [9.17, 15) is 0 Å². The second-order valence-corrected chi connectivity index (χ2v) is 5.96. The predicted molar refractivity (Wildman–Crippen MR) is 76.7 cm³/mol. The molecule has 1 N–H and O–H groups in total. The number of halogens is 2. The highest BCUT2D eigenvalue weighted by molar-refractivity contribution is 6.35. The lowest BCUT2D eigenvalue weighted by molar-refractivity contribution is -0.0676. The third-order valence-corrected chi connectivity index (χ3v) is 4.79. The fourth-order valence-corrected chi connectivity index (χ4v) is 3.10. The van der Waals surface area contributed by atoms with Crippen LogP contribution in [0.4, 0.5) is 0 Å². The molecular formula is C14H19Cl2NO. The van der Waals surface area contributed by atoms with Crippen LogP contribution >= 0.6 is 23.2 Å². The van der Waals surface area contributed by atoms with Crippen molar-refractivity contribution in [3.63, 3.8) is 0 Å². The first-order chi connectivity index (χ1) is 8.51. The third-order valence-electron chi connectivity index (χ3n) is 4.25. The lowest BCUT2D eigenvalue weighted by Gasteiger charge is -2.53. The van der Waals surface area contributed by atoms with Gasteiger partial charge in [0.15, 0.2) is 0 Å². The van der Waals surface area contributed by atoms with Gasteiger partial charge in [0, 0.05) is 22.9 Å². The van der Waals surface area contributed by atoms with Crippen molar-refractivity contribution in [2.24, 2.45) is 5.41 Å². The fraction of sp³-hybridized carbons (Fsp3) is 0.571. The van der Waals surface area contributed by atoms with E-state index >= 15 is 0 Å². The Hall–Kier alpha value is -0.440. The molecule has 2 nitrogen and oxygen atoms in total. The smallest absolute Gasteiger partial charge is 0.138 e. The van der Waals surface area contributed by atoms with Crippen molar-refractivity contribution < 1.29 is 4.74 Å². The summed E-state index contributed by atoms with van der Waals surface area (Å²) in [5.74, 6) is 0.722. The fourth-order valence-electron chi connectivity index (χ4n) is 2.64. The molecule has 0 aliphatic heterocycles. The van der Waals surface area contributed by atoms with Crippen LogP contribution in [0.5, 0.6) is 5.75 Å². The number of rotatable bonds is 4. The molecule has 4 heteroatoms. The Bertz CT molecular complexity index is 438. The normalized spacial score (nSPS) is 30.9. The molecule has 2 rings (SSSR count). The van der Waals surface area contributed by atoms with Crippen LogP contribution in [0.3, 0.4) is 0 Å². The number of hydrogen-bond acceptors (Lipinski definition) is 2. The van der Waals surface area contributed by atoms with Gasteiger partial charge in [-0.25, -0.2) is 0 Å². The summed E-state index contributed by atoms with van der Waals surface area (Å²) in [6, 6.07) is 5.88. The molecule has 100 valence electrons. The number of ether oxygens (including phenoxy) is 1. The lowest BCUT2D eigenvalue weighted by Crippen LogP contribution is -2.62. The molecule has 1 saturated carbocycles. The molecule has 0 aromatic heterocycles. The molecule has 0 amide bonds. The summed E-state index contributed by atoms with van der Waals surface area (Å²) in [6.07, 6.45) is 2.30. The molecule has 1 aliphatic rings. The molecule has 18 heavy (non-hydrogen) atoms. The molecule has 0 saturated heterocycles. The van der Waals surface area contributed by atoms with E-state index < -0.39 is 0 Å². The number of hydrogen-bond donors (Lipinski definition) is 1. The number of nitrogens with one attached hydrogen (secondary N) is 1. The van der Waals surface area contributed by atoms with Gasteiger partial charge in [-0.3, -0.25) is 0 Å². The maximum absolute atomic E-state index is 6.14. The quantitative estimate of drug-likeness (QED) is 0.898. The van der Waals surface area contributed by atoms with Crippen molar-refractivity contribution in [2.75, 3.05) is 7.05 Å².